The van der Waals surface area contributed by atoms with Crippen LogP contribution in [0.25, 0.3) is 10.8 Å². The van der Waals surface area contributed by atoms with Crippen molar-refractivity contribution in [3.8, 4) is 5.75 Å². The van der Waals surface area contributed by atoms with Crippen molar-refractivity contribution < 1.29 is 5.11 Å². The van der Waals surface area contributed by atoms with Crippen molar-refractivity contribution in [3.63, 3.8) is 0 Å². The number of hydrogen-bond donors (Lipinski definition) is 1. The first kappa shape index (κ1) is 15.0. The molecule has 3 aromatic carbocycles. The second kappa shape index (κ2) is 5.91. The van der Waals surface area contributed by atoms with E-state index in [4.69, 9.17) is 0 Å². The van der Waals surface area contributed by atoms with E-state index in [0.29, 0.717) is 17.6 Å². The van der Waals surface area contributed by atoms with Gasteiger partial charge in [-0.3, -0.25) is 0 Å². The zero-order valence-corrected chi connectivity index (χ0v) is 14.5. The molecule has 5 rings (SSSR count). The highest BCUT2D eigenvalue weighted by Crippen LogP contribution is 2.44. The number of hydrogen-bond acceptors (Lipinski definition) is 1. The van der Waals surface area contributed by atoms with Crippen molar-refractivity contribution in [2.75, 3.05) is 0 Å². The fourth-order valence-corrected chi connectivity index (χ4v) is 5.07. The van der Waals surface area contributed by atoms with Crippen molar-refractivity contribution in [2.45, 2.75) is 50.4 Å². The van der Waals surface area contributed by atoms with Crippen LogP contribution in [0.5, 0.6) is 5.75 Å². The molecule has 1 atom stereocenters. The van der Waals surface area contributed by atoms with Crippen molar-refractivity contribution >= 4 is 10.8 Å². The molecule has 0 amide bonds. The third-order valence-corrected chi connectivity index (χ3v) is 6.32. The molecule has 1 nitrogen and oxygen atoms in total. The Morgan fingerprint density at radius 3 is 2.44 bits per heavy atom. The summed E-state index contributed by atoms with van der Waals surface area (Å²) in [7, 11) is 0. The smallest absolute Gasteiger partial charge is 0.119 e. The van der Waals surface area contributed by atoms with Gasteiger partial charge in [0.15, 0.2) is 0 Å². The van der Waals surface area contributed by atoms with E-state index in [1.807, 2.05) is 6.07 Å². The van der Waals surface area contributed by atoms with Gasteiger partial charge in [0.2, 0.25) is 0 Å². The Hall–Kier alpha value is -2.28. The number of aromatic hydroxyl groups is 1. The van der Waals surface area contributed by atoms with Gasteiger partial charge in [-0.15, -0.1) is 0 Å². The largest absolute Gasteiger partial charge is 0.508 e. The molecule has 0 bridgehead atoms. The number of benzene rings is 3. The fourth-order valence-electron chi connectivity index (χ4n) is 5.07. The summed E-state index contributed by atoms with van der Waals surface area (Å²) in [5, 5.41) is 13.3. The van der Waals surface area contributed by atoms with Crippen molar-refractivity contribution in [1.29, 1.82) is 0 Å². The zero-order chi connectivity index (χ0) is 16.8. The predicted octanol–water partition coefficient (Wildman–Crippen LogP) is 6.28. The minimum Gasteiger partial charge on any atom is -0.508 e. The summed E-state index contributed by atoms with van der Waals surface area (Å²) in [5.74, 6) is 1.45. The summed E-state index contributed by atoms with van der Waals surface area (Å²) in [6.07, 6.45) is 7.45. The molecule has 1 unspecified atom stereocenters. The van der Waals surface area contributed by atoms with Crippen LogP contribution >= 0.6 is 0 Å². The molecule has 1 saturated carbocycles. The molecule has 25 heavy (non-hydrogen) atoms. The number of phenols is 1. The first-order chi connectivity index (χ1) is 12.3. The molecule has 1 N–H and O–H groups in total. The lowest BCUT2D eigenvalue weighted by Crippen LogP contribution is -2.07. The molecule has 2 aliphatic carbocycles. The highest BCUT2D eigenvalue weighted by atomic mass is 16.3. The van der Waals surface area contributed by atoms with Gasteiger partial charge in [0.05, 0.1) is 0 Å². The lowest BCUT2D eigenvalue weighted by Gasteiger charge is -2.24. The van der Waals surface area contributed by atoms with E-state index in [-0.39, 0.29) is 0 Å². The summed E-state index contributed by atoms with van der Waals surface area (Å²) in [5.41, 5.74) is 5.46. The molecule has 3 aromatic rings. The lowest BCUT2D eigenvalue weighted by molar-refractivity contribution is 0.414. The van der Waals surface area contributed by atoms with Gasteiger partial charge in [0.25, 0.3) is 0 Å². The third-order valence-electron chi connectivity index (χ3n) is 6.32. The first-order valence-electron chi connectivity index (χ1n) is 9.64. The van der Waals surface area contributed by atoms with Gasteiger partial charge in [0, 0.05) is 5.92 Å². The van der Waals surface area contributed by atoms with E-state index in [9.17, 15) is 5.11 Å². The Bertz CT molecular complexity index is 929. The second-order valence-electron chi connectivity index (χ2n) is 7.77. The van der Waals surface area contributed by atoms with E-state index in [1.54, 1.807) is 0 Å². The van der Waals surface area contributed by atoms with E-state index >= 15 is 0 Å². The van der Waals surface area contributed by atoms with Crippen LogP contribution in [-0.4, -0.2) is 5.11 Å². The van der Waals surface area contributed by atoms with Crippen LogP contribution in [-0.2, 0) is 6.42 Å². The number of phenolic OH excluding ortho intramolecular Hbond substituents is 1. The van der Waals surface area contributed by atoms with Gasteiger partial charge >= 0.3 is 0 Å². The Kier molecular flexibility index (Phi) is 3.55. The van der Waals surface area contributed by atoms with Crippen molar-refractivity contribution in [1.82, 2.24) is 0 Å². The van der Waals surface area contributed by atoms with Crippen LogP contribution in [0.15, 0.2) is 54.6 Å². The monoisotopic (exact) mass is 328 g/mol. The van der Waals surface area contributed by atoms with Crippen molar-refractivity contribution in [2.24, 2.45) is 0 Å². The molecule has 1 heteroatoms. The minimum atomic E-state index is 0.420. The summed E-state index contributed by atoms with van der Waals surface area (Å²) >= 11 is 0. The average Bonchev–Trinajstić information content (AvgIpc) is 3.04. The standard InChI is InChI=1S/C24H24O/c25-23-13-12-18(14-22(23)16-6-2-1-3-7-16)21-15-19-10-4-8-17-9-5-11-20(21)24(17)19/h4-5,8-14,16,21,25H,1-3,6-7,15H2. The Balaban J connectivity index is 1.58. The number of rotatable bonds is 2. The SMILES string of the molecule is Oc1ccc(C2Cc3cccc4cccc2c34)cc1C1CCCCC1. The van der Waals surface area contributed by atoms with Crippen LogP contribution in [0, 0.1) is 0 Å². The van der Waals surface area contributed by atoms with Gasteiger partial charge < -0.3 is 5.11 Å². The molecule has 0 spiro atoms. The lowest BCUT2D eigenvalue weighted by atomic mass is 9.81. The molecule has 0 aliphatic heterocycles. The van der Waals surface area contributed by atoms with Crippen LogP contribution in [0.1, 0.15) is 66.2 Å². The summed E-state index contributed by atoms with van der Waals surface area (Å²) in [4.78, 5) is 0. The van der Waals surface area contributed by atoms with E-state index in [1.165, 1.54) is 65.1 Å². The van der Waals surface area contributed by atoms with Gasteiger partial charge in [-0.2, -0.15) is 0 Å². The average molecular weight is 328 g/mol. The summed E-state index contributed by atoms with van der Waals surface area (Å²) < 4.78 is 0. The van der Waals surface area contributed by atoms with Crippen LogP contribution in [0.3, 0.4) is 0 Å². The van der Waals surface area contributed by atoms with Gasteiger partial charge in [-0.1, -0.05) is 67.8 Å². The normalized spacial score (nSPS) is 20.2. The molecule has 2 aliphatic rings. The summed E-state index contributed by atoms with van der Waals surface area (Å²) in [6, 6.07) is 19.7. The van der Waals surface area contributed by atoms with Crippen molar-refractivity contribution in [3.05, 3.63) is 76.9 Å². The molecule has 126 valence electrons. The van der Waals surface area contributed by atoms with E-state index in [0.717, 1.165) is 6.42 Å². The van der Waals surface area contributed by atoms with Gasteiger partial charge in [-0.25, -0.2) is 0 Å². The maximum Gasteiger partial charge on any atom is 0.119 e. The van der Waals surface area contributed by atoms with Crippen LogP contribution in [0.4, 0.5) is 0 Å². The Labute approximate surface area is 149 Å². The summed E-state index contributed by atoms with van der Waals surface area (Å²) in [6.45, 7) is 0. The maximum absolute atomic E-state index is 10.5. The maximum atomic E-state index is 10.5. The molecule has 0 heterocycles. The third kappa shape index (κ3) is 2.45. The molecule has 0 aromatic heterocycles. The predicted molar refractivity (Wildman–Crippen MR) is 103 cm³/mol. The fraction of sp³-hybridized carbons (Fsp3) is 0.333. The molecular weight excluding hydrogens is 304 g/mol. The molecule has 0 radical (unpaired) electrons. The minimum absolute atomic E-state index is 0.420. The van der Waals surface area contributed by atoms with Crippen LogP contribution < -0.4 is 0 Å². The highest BCUT2D eigenvalue weighted by Gasteiger charge is 2.27. The quantitative estimate of drug-likeness (QED) is 0.587. The van der Waals surface area contributed by atoms with E-state index < -0.39 is 0 Å². The Morgan fingerprint density at radius 1 is 0.800 bits per heavy atom. The second-order valence-corrected chi connectivity index (χ2v) is 7.77. The molecule has 0 saturated heterocycles. The van der Waals surface area contributed by atoms with Gasteiger partial charge in [0.1, 0.15) is 5.75 Å². The topological polar surface area (TPSA) is 20.2 Å². The first-order valence-corrected chi connectivity index (χ1v) is 9.64. The van der Waals surface area contributed by atoms with Crippen LogP contribution in [0.2, 0.25) is 0 Å². The molecule has 1 fully saturated rings. The Morgan fingerprint density at radius 2 is 1.60 bits per heavy atom. The van der Waals surface area contributed by atoms with Gasteiger partial charge in [-0.05, 0) is 64.3 Å². The zero-order valence-electron chi connectivity index (χ0n) is 14.5. The molecular formula is C24H24O. The highest BCUT2D eigenvalue weighted by molar-refractivity contribution is 5.92. The van der Waals surface area contributed by atoms with E-state index in [2.05, 4.69) is 48.5 Å².